The zero-order valence-corrected chi connectivity index (χ0v) is 9.96. The summed E-state index contributed by atoms with van der Waals surface area (Å²) in [6.45, 7) is 1.14. The van der Waals surface area contributed by atoms with Crippen LogP contribution in [-0.4, -0.2) is 30.5 Å². The predicted molar refractivity (Wildman–Crippen MR) is 62.9 cm³/mol. The Bertz CT molecular complexity index is 132. The molecular formula is C10H20ClNS. The van der Waals surface area contributed by atoms with Crippen LogP contribution in [0.3, 0.4) is 0 Å². The van der Waals surface area contributed by atoms with E-state index < -0.39 is 0 Å². The summed E-state index contributed by atoms with van der Waals surface area (Å²) in [6.07, 6.45) is 7.55. The van der Waals surface area contributed by atoms with Gasteiger partial charge >= 0.3 is 0 Å². The van der Waals surface area contributed by atoms with Gasteiger partial charge in [-0.05, 0) is 25.0 Å². The second kappa shape index (κ2) is 6.97. The van der Waals surface area contributed by atoms with Crippen LogP contribution in [0.4, 0.5) is 0 Å². The highest BCUT2D eigenvalue weighted by molar-refractivity contribution is 7.98. The number of hydrogen-bond donors (Lipinski definition) is 1. The summed E-state index contributed by atoms with van der Waals surface area (Å²) in [7, 11) is 0. The molecule has 0 bridgehead atoms. The van der Waals surface area contributed by atoms with Gasteiger partial charge in [-0.1, -0.05) is 12.8 Å². The molecule has 0 saturated heterocycles. The van der Waals surface area contributed by atoms with Crippen LogP contribution in [0.1, 0.15) is 25.7 Å². The van der Waals surface area contributed by atoms with Crippen molar-refractivity contribution in [1.82, 2.24) is 5.32 Å². The van der Waals surface area contributed by atoms with Crippen LogP contribution in [0.25, 0.3) is 0 Å². The zero-order valence-electron chi connectivity index (χ0n) is 8.39. The zero-order chi connectivity index (χ0) is 9.52. The Morgan fingerprint density at radius 3 is 2.85 bits per heavy atom. The average molecular weight is 222 g/mol. The molecule has 0 aromatic rings. The fourth-order valence-corrected chi connectivity index (χ4v) is 2.70. The van der Waals surface area contributed by atoms with Gasteiger partial charge in [0, 0.05) is 24.2 Å². The number of alkyl halides is 1. The van der Waals surface area contributed by atoms with Crippen molar-refractivity contribution in [2.24, 2.45) is 5.92 Å². The van der Waals surface area contributed by atoms with Gasteiger partial charge in [0.15, 0.2) is 0 Å². The van der Waals surface area contributed by atoms with E-state index in [2.05, 4.69) is 11.6 Å². The molecule has 0 amide bonds. The third-order valence-corrected chi connectivity index (χ3v) is 3.83. The number of rotatable bonds is 5. The van der Waals surface area contributed by atoms with Crippen molar-refractivity contribution < 1.29 is 0 Å². The molecular weight excluding hydrogens is 202 g/mol. The molecule has 0 heterocycles. The van der Waals surface area contributed by atoms with E-state index >= 15 is 0 Å². The highest BCUT2D eigenvalue weighted by Gasteiger charge is 2.23. The normalized spacial score (nSPS) is 29.1. The Labute approximate surface area is 91.0 Å². The third kappa shape index (κ3) is 4.09. The second-order valence-electron chi connectivity index (χ2n) is 3.75. The first-order valence-electron chi connectivity index (χ1n) is 5.16. The van der Waals surface area contributed by atoms with E-state index in [0.717, 1.165) is 18.3 Å². The Kier molecular flexibility index (Phi) is 6.26. The number of hydrogen-bond acceptors (Lipinski definition) is 2. The lowest BCUT2D eigenvalue weighted by Crippen LogP contribution is -2.40. The summed E-state index contributed by atoms with van der Waals surface area (Å²) in [5.74, 6) is 2.76. The number of halogens is 1. The first-order valence-corrected chi connectivity index (χ1v) is 7.09. The molecule has 0 spiro atoms. The van der Waals surface area contributed by atoms with Crippen molar-refractivity contribution in [3.05, 3.63) is 0 Å². The van der Waals surface area contributed by atoms with Crippen molar-refractivity contribution in [3.63, 3.8) is 0 Å². The minimum atomic E-state index is 0.693. The fraction of sp³-hybridized carbons (Fsp3) is 1.00. The molecule has 2 unspecified atom stereocenters. The summed E-state index contributed by atoms with van der Waals surface area (Å²) in [4.78, 5) is 0. The Morgan fingerprint density at radius 2 is 2.15 bits per heavy atom. The van der Waals surface area contributed by atoms with Crippen LogP contribution < -0.4 is 5.32 Å². The van der Waals surface area contributed by atoms with Crippen molar-refractivity contribution in [2.75, 3.05) is 24.4 Å². The minimum absolute atomic E-state index is 0.693. The lowest BCUT2D eigenvalue weighted by molar-refractivity contribution is 0.288. The van der Waals surface area contributed by atoms with E-state index in [1.54, 1.807) is 0 Å². The number of thioether (sulfide) groups is 1. The molecule has 0 aromatic carbocycles. The molecule has 0 aromatic heterocycles. The standard InChI is InChI=1S/C10H20ClNS/c1-13-7-6-12-10-5-3-2-4-9(10)8-11/h9-10,12H,2-8H2,1H3. The average Bonchev–Trinajstić information content (AvgIpc) is 2.19. The molecule has 1 N–H and O–H groups in total. The predicted octanol–water partition coefficient (Wildman–Crippen LogP) is 2.74. The van der Waals surface area contributed by atoms with Crippen LogP contribution in [0.5, 0.6) is 0 Å². The molecule has 3 heteroatoms. The molecule has 13 heavy (non-hydrogen) atoms. The highest BCUT2D eigenvalue weighted by atomic mass is 35.5. The molecule has 1 aliphatic carbocycles. The van der Waals surface area contributed by atoms with Gasteiger partial charge in [-0.25, -0.2) is 0 Å². The summed E-state index contributed by atoms with van der Waals surface area (Å²) in [5.41, 5.74) is 0. The lowest BCUT2D eigenvalue weighted by Gasteiger charge is -2.30. The maximum absolute atomic E-state index is 5.94. The van der Waals surface area contributed by atoms with Gasteiger partial charge in [-0.2, -0.15) is 11.8 Å². The van der Waals surface area contributed by atoms with Crippen LogP contribution in [0, 0.1) is 5.92 Å². The first-order chi connectivity index (χ1) is 6.38. The monoisotopic (exact) mass is 221 g/mol. The summed E-state index contributed by atoms with van der Waals surface area (Å²) in [6, 6.07) is 0.693. The SMILES string of the molecule is CSCCNC1CCCCC1CCl. The quantitative estimate of drug-likeness (QED) is 0.566. The van der Waals surface area contributed by atoms with Crippen molar-refractivity contribution >= 4 is 23.4 Å². The van der Waals surface area contributed by atoms with E-state index in [1.807, 2.05) is 11.8 Å². The molecule has 78 valence electrons. The highest BCUT2D eigenvalue weighted by Crippen LogP contribution is 2.25. The van der Waals surface area contributed by atoms with Gasteiger partial charge in [0.05, 0.1) is 0 Å². The largest absolute Gasteiger partial charge is 0.313 e. The third-order valence-electron chi connectivity index (χ3n) is 2.82. The molecule has 0 aliphatic heterocycles. The maximum atomic E-state index is 5.94. The van der Waals surface area contributed by atoms with E-state index in [9.17, 15) is 0 Å². The fourth-order valence-electron chi connectivity index (χ4n) is 2.01. The van der Waals surface area contributed by atoms with Gasteiger partial charge in [-0.15, -0.1) is 11.6 Å². The molecule has 1 rings (SSSR count). The van der Waals surface area contributed by atoms with Crippen LogP contribution in [0.15, 0.2) is 0 Å². The molecule has 0 radical (unpaired) electrons. The summed E-state index contributed by atoms with van der Waals surface area (Å²) >= 11 is 7.85. The van der Waals surface area contributed by atoms with Gasteiger partial charge in [0.25, 0.3) is 0 Å². The van der Waals surface area contributed by atoms with Crippen LogP contribution >= 0.6 is 23.4 Å². The topological polar surface area (TPSA) is 12.0 Å². The van der Waals surface area contributed by atoms with Crippen LogP contribution in [0.2, 0.25) is 0 Å². The van der Waals surface area contributed by atoms with Crippen molar-refractivity contribution in [1.29, 1.82) is 0 Å². The van der Waals surface area contributed by atoms with E-state index in [0.29, 0.717) is 6.04 Å². The lowest BCUT2D eigenvalue weighted by atomic mass is 9.86. The van der Waals surface area contributed by atoms with Crippen molar-refractivity contribution in [3.8, 4) is 0 Å². The molecule has 1 nitrogen and oxygen atoms in total. The second-order valence-corrected chi connectivity index (χ2v) is 5.05. The van der Waals surface area contributed by atoms with Gasteiger partial charge < -0.3 is 5.32 Å². The molecule has 1 aliphatic rings. The van der Waals surface area contributed by atoms with E-state index in [1.165, 1.54) is 31.4 Å². The first kappa shape index (κ1) is 11.7. The van der Waals surface area contributed by atoms with E-state index in [-0.39, 0.29) is 0 Å². The maximum Gasteiger partial charge on any atom is 0.0266 e. The van der Waals surface area contributed by atoms with Gasteiger partial charge in [-0.3, -0.25) is 0 Å². The van der Waals surface area contributed by atoms with Gasteiger partial charge in [0.1, 0.15) is 0 Å². The molecule has 2 atom stereocenters. The van der Waals surface area contributed by atoms with E-state index in [4.69, 9.17) is 11.6 Å². The van der Waals surface area contributed by atoms with Gasteiger partial charge in [0.2, 0.25) is 0 Å². The Morgan fingerprint density at radius 1 is 1.38 bits per heavy atom. The molecule has 1 saturated carbocycles. The summed E-state index contributed by atoms with van der Waals surface area (Å²) in [5, 5.41) is 3.62. The summed E-state index contributed by atoms with van der Waals surface area (Å²) < 4.78 is 0. The number of nitrogens with one attached hydrogen (secondary N) is 1. The molecule has 1 fully saturated rings. The Balaban J connectivity index is 2.19. The minimum Gasteiger partial charge on any atom is -0.313 e. The smallest absolute Gasteiger partial charge is 0.0266 e. The van der Waals surface area contributed by atoms with Crippen molar-refractivity contribution in [2.45, 2.75) is 31.7 Å². The Hall–Kier alpha value is 0.600. The van der Waals surface area contributed by atoms with Crippen LogP contribution in [-0.2, 0) is 0 Å².